The number of amides is 1. The maximum Gasteiger partial charge on any atom is 0.228 e. The molecule has 7 nitrogen and oxygen atoms in total. The first kappa shape index (κ1) is 18.4. The number of carbonyl (C=O) groups excluding carboxylic acids is 1. The molecule has 3 rings (SSSR count). The number of rotatable bonds is 8. The van der Waals surface area contributed by atoms with Crippen LogP contribution in [0.25, 0.3) is 11.4 Å². The molecule has 2 aromatic carbocycles. The molecule has 27 heavy (non-hydrogen) atoms. The van der Waals surface area contributed by atoms with Crippen LogP contribution >= 0.6 is 0 Å². The Morgan fingerprint density at radius 2 is 1.63 bits per heavy atom. The number of nitrogens with zero attached hydrogens (tertiary/aromatic N) is 2. The number of hydrogen-bond acceptors (Lipinski definition) is 6. The van der Waals surface area contributed by atoms with E-state index in [9.17, 15) is 4.79 Å². The molecule has 140 valence electrons. The van der Waals surface area contributed by atoms with Crippen molar-refractivity contribution in [2.75, 3.05) is 20.8 Å². The lowest BCUT2D eigenvalue weighted by Crippen LogP contribution is -2.27. The Hall–Kier alpha value is -3.35. The van der Waals surface area contributed by atoms with E-state index in [-0.39, 0.29) is 5.91 Å². The molecular formula is C20H21N3O4. The molecule has 0 bridgehead atoms. The standard InChI is InChI=1S/C20H21N3O4/c1-25-16-7-3-14(4-8-16)13-18(24)21-12-11-19-22-20(23-27-19)15-5-9-17(26-2)10-6-15/h3-10H,11-13H2,1-2H3,(H,21,24). The SMILES string of the molecule is COc1ccc(CC(=O)NCCc2nc(-c3ccc(OC)cc3)no2)cc1. The van der Waals surface area contributed by atoms with Crippen LogP contribution in [0, 0.1) is 0 Å². The van der Waals surface area contributed by atoms with Crippen molar-refractivity contribution < 1.29 is 18.8 Å². The average molecular weight is 367 g/mol. The Labute approximate surface area is 157 Å². The maximum atomic E-state index is 12.0. The monoisotopic (exact) mass is 367 g/mol. The molecule has 0 aliphatic heterocycles. The zero-order valence-electron chi connectivity index (χ0n) is 15.3. The Bertz CT molecular complexity index is 873. The molecular weight excluding hydrogens is 346 g/mol. The molecule has 7 heteroatoms. The normalized spacial score (nSPS) is 10.4. The summed E-state index contributed by atoms with van der Waals surface area (Å²) in [4.78, 5) is 16.4. The Balaban J connectivity index is 1.47. The van der Waals surface area contributed by atoms with Gasteiger partial charge in [-0.05, 0) is 42.0 Å². The zero-order valence-corrected chi connectivity index (χ0v) is 15.3. The van der Waals surface area contributed by atoms with E-state index < -0.39 is 0 Å². The summed E-state index contributed by atoms with van der Waals surface area (Å²) < 4.78 is 15.5. The van der Waals surface area contributed by atoms with Crippen molar-refractivity contribution in [1.29, 1.82) is 0 Å². The molecule has 1 N–H and O–H groups in total. The van der Waals surface area contributed by atoms with Gasteiger partial charge >= 0.3 is 0 Å². The summed E-state index contributed by atoms with van der Waals surface area (Å²) >= 11 is 0. The van der Waals surface area contributed by atoms with Gasteiger partial charge in [0.25, 0.3) is 0 Å². The minimum atomic E-state index is -0.0601. The van der Waals surface area contributed by atoms with E-state index in [0.29, 0.717) is 31.1 Å². The lowest BCUT2D eigenvalue weighted by Gasteiger charge is -2.05. The van der Waals surface area contributed by atoms with Crippen molar-refractivity contribution in [2.24, 2.45) is 0 Å². The summed E-state index contributed by atoms with van der Waals surface area (Å²) in [5.41, 5.74) is 1.77. The van der Waals surface area contributed by atoms with Crippen LogP contribution in [0.15, 0.2) is 53.1 Å². The Morgan fingerprint density at radius 3 is 2.26 bits per heavy atom. The van der Waals surface area contributed by atoms with Crippen molar-refractivity contribution in [3.05, 3.63) is 60.0 Å². The highest BCUT2D eigenvalue weighted by Gasteiger charge is 2.10. The molecule has 0 unspecified atom stereocenters. The highest BCUT2D eigenvalue weighted by molar-refractivity contribution is 5.78. The van der Waals surface area contributed by atoms with Crippen LogP contribution in [-0.2, 0) is 17.6 Å². The Kier molecular flexibility index (Phi) is 6.04. The first-order chi connectivity index (χ1) is 13.2. The van der Waals surface area contributed by atoms with Crippen molar-refractivity contribution in [2.45, 2.75) is 12.8 Å². The predicted molar refractivity (Wildman–Crippen MR) is 99.7 cm³/mol. The minimum absolute atomic E-state index is 0.0601. The van der Waals surface area contributed by atoms with E-state index in [4.69, 9.17) is 14.0 Å². The molecule has 0 aliphatic rings. The molecule has 1 heterocycles. The van der Waals surface area contributed by atoms with Crippen LogP contribution < -0.4 is 14.8 Å². The van der Waals surface area contributed by atoms with Crippen molar-refractivity contribution in [1.82, 2.24) is 15.5 Å². The van der Waals surface area contributed by atoms with E-state index in [1.807, 2.05) is 48.5 Å². The van der Waals surface area contributed by atoms with Gasteiger partial charge in [-0.1, -0.05) is 17.3 Å². The smallest absolute Gasteiger partial charge is 0.228 e. The fraction of sp³-hybridized carbons (Fsp3) is 0.250. The second kappa shape index (κ2) is 8.84. The molecule has 0 saturated carbocycles. The first-order valence-corrected chi connectivity index (χ1v) is 8.54. The van der Waals surface area contributed by atoms with Crippen molar-refractivity contribution >= 4 is 5.91 Å². The largest absolute Gasteiger partial charge is 0.497 e. The fourth-order valence-electron chi connectivity index (χ4n) is 2.51. The van der Waals surface area contributed by atoms with E-state index in [1.165, 1.54) is 0 Å². The number of aromatic nitrogens is 2. The third-order valence-electron chi connectivity index (χ3n) is 4.00. The van der Waals surface area contributed by atoms with Gasteiger partial charge in [0, 0.05) is 18.5 Å². The summed E-state index contributed by atoms with van der Waals surface area (Å²) in [6.45, 7) is 0.430. The highest BCUT2D eigenvalue weighted by atomic mass is 16.5. The van der Waals surface area contributed by atoms with Gasteiger partial charge in [0.05, 0.1) is 20.6 Å². The van der Waals surface area contributed by atoms with Gasteiger partial charge in [0.15, 0.2) is 0 Å². The fourth-order valence-corrected chi connectivity index (χ4v) is 2.51. The van der Waals surface area contributed by atoms with E-state index in [2.05, 4.69) is 15.5 Å². The molecule has 0 saturated heterocycles. The second-order valence-corrected chi connectivity index (χ2v) is 5.87. The third kappa shape index (κ3) is 5.07. The van der Waals surface area contributed by atoms with Gasteiger partial charge in [-0.2, -0.15) is 4.98 Å². The molecule has 0 fully saturated rings. The molecule has 0 atom stereocenters. The predicted octanol–water partition coefficient (Wildman–Crippen LogP) is 2.66. The molecule has 1 aromatic heterocycles. The third-order valence-corrected chi connectivity index (χ3v) is 4.00. The van der Waals surface area contributed by atoms with Crippen LogP contribution in [0.3, 0.4) is 0 Å². The number of carbonyl (C=O) groups is 1. The summed E-state index contributed by atoms with van der Waals surface area (Å²) in [7, 11) is 3.23. The van der Waals surface area contributed by atoms with Gasteiger partial charge in [-0.25, -0.2) is 0 Å². The summed E-state index contributed by atoms with van der Waals surface area (Å²) in [6.07, 6.45) is 0.780. The van der Waals surface area contributed by atoms with Gasteiger partial charge < -0.3 is 19.3 Å². The lowest BCUT2D eigenvalue weighted by molar-refractivity contribution is -0.120. The van der Waals surface area contributed by atoms with Crippen molar-refractivity contribution in [3.63, 3.8) is 0 Å². The summed E-state index contributed by atoms with van der Waals surface area (Å²) in [5.74, 6) is 2.46. The lowest BCUT2D eigenvalue weighted by atomic mass is 10.1. The number of ether oxygens (including phenoxy) is 2. The molecule has 1 amide bonds. The van der Waals surface area contributed by atoms with Crippen LogP contribution in [0.2, 0.25) is 0 Å². The molecule has 0 spiro atoms. The topological polar surface area (TPSA) is 86.5 Å². The number of hydrogen-bond donors (Lipinski definition) is 1. The molecule has 3 aromatic rings. The van der Waals surface area contributed by atoms with E-state index in [0.717, 1.165) is 22.6 Å². The molecule has 0 aliphatic carbocycles. The van der Waals surface area contributed by atoms with Crippen LogP contribution in [0.5, 0.6) is 11.5 Å². The summed E-state index contributed by atoms with van der Waals surface area (Å²) in [5, 5.41) is 6.83. The van der Waals surface area contributed by atoms with E-state index in [1.54, 1.807) is 14.2 Å². The van der Waals surface area contributed by atoms with Gasteiger partial charge in [0.2, 0.25) is 17.6 Å². The van der Waals surface area contributed by atoms with Crippen LogP contribution in [-0.4, -0.2) is 36.8 Å². The number of benzene rings is 2. The molecule has 0 radical (unpaired) electrons. The van der Waals surface area contributed by atoms with Crippen LogP contribution in [0.1, 0.15) is 11.5 Å². The van der Waals surface area contributed by atoms with Crippen LogP contribution in [0.4, 0.5) is 0 Å². The Morgan fingerprint density at radius 1 is 1.00 bits per heavy atom. The second-order valence-electron chi connectivity index (χ2n) is 5.87. The average Bonchev–Trinajstić information content (AvgIpc) is 3.17. The summed E-state index contributed by atoms with van der Waals surface area (Å²) in [6, 6.07) is 14.8. The van der Waals surface area contributed by atoms with Gasteiger partial charge in [-0.3, -0.25) is 4.79 Å². The van der Waals surface area contributed by atoms with Gasteiger partial charge in [0.1, 0.15) is 11.5 Å². The number of nitrogens with one attached hydrogen (secondary N) is 1. The zero-order chi connectivity index (χ0) is 19.1. The minimum Gasteiger partial charge on any atom is -0.497 e. The van der Waals surface area contributed by atoms with Gasteiger partial charge in [-0.15, -0.1) is 0 Å². The van der Waals surface area contributed by atoms with Crippen molar-refractivity contribution in [3.8, 4) is 22.9 Å². The quantitative estimate of drug-likeness (QED) is 0.659. The number of methoxy groups -OCH3 is 2. The maximum absolute atomic E-state index is 12.0. The van der Waals surface area contributed by atoms with E-state index >= 15 is 0 Å². The highest BCUT2D eigenvalue weighted by Crippen LogP contribution is 2.19. The first-order valence-electron chi connectivity index (χ1n) is 8.54.